The Labute approximate surface area is 175 Å². The smallest absolute Gasteiger partial charge is 0.279 e. The van der Waals surface area contributed by atoms with Gasteiger partial charge in [-0.15, -0.1) is 0 Å². The molecule has 1 aliphatic heterocycles. The third kappa shape index (κ3) is 4.01. The molecule has 1 amide bonds. The minimum absolute atomic E-state index is 0.240. The zero-order valence-corrected chi connectivity index (χ0v) is 17.1. The first-order chi connectivity index (χ1) is 14.5. The maximum absolute atomic E-state index is 13.3. The molecule has 0 saturated heterocycles. The molecule has 8 heteroatoms. The van der Waals surface area contributed by atoms with Gasteiger partial charge in [0.05, 0.1) is 23.7 Å². The largest absolute Gasteiger partial charge is 0.330 e. The third-order valence-electron chi connectivity index (χ3n) is 5.21. The van der Waals surface area contributed by atoms with Crippen molar-refractivity contribution in [2.45, 2.75) is 19.9 Å². The van der Waals surface area contributed by atoms with Crippen molar-refractivity contribution in [1.82, 2.24) is 4.57 Å². The molecule has 30 heavy (non-hydrogen) atoms. The zero-order chi connectivity index (χ0) is 21.3. The molecule has 0 saturated carbocycles. The standard InChI is InChI=1S/C22H19F2N3O2S/c1-2-26-12-11-18-19(13-26)30-22(25-20(28)14-3-7-16(23)8-4-14)27(18)21(29)15-5-9-17(24)10-6-15/h3-10H,2,11-13H2,1H3/p+1. The summed E-state index contributed by atoms with van der Waals surface area (Å²) in [6.45, 7) is 4.70. The second-order valence-corrected chi connectivity index (χ2v) is 8.17. The molecule has 1 aromatic heterocycles. The minimum atomic E-state index is -0.547. The van der Waals surface area contributed by atoms with Crippen molar-refractivity contribution in [2.24, 2.45) is 4.99 Å². The van der Waals surface area contributed by atoms with E-state index in [0.717, 1.165) is 30.2 Å². The summed E-state index contributed by atoms with van der Waals surface area (Å²) in [4.78, 5) is 32.8. The Bertz CT molecular complexity index is 1160. The fourth-order valence-electron chi connectivity index (χ4n) is 3.50. The van der Waals surface area contributed by atoms with Gasteiger partial charge in [-0.3, -0.25) is 14.2 Å². The van der Waals surface area contributed by atoms with E-state index >= 15 is 0 Å². The number of likely N-dealkylation sites (N-methyl/N-ethyl adjacent to an activating group) is 1. The summed E-state index contributed by atoms with van der Waals surface area (Å²) in [6, 6.07) is 10.4. The second-order valence-electron chi connectivity index (χ2n) is 7.11. The number of quaternary nitrogens is 1. The Balaban J connectivity index is 1.82. The Morgan fingerprint density at radius 3 is 2.23 bits per heavy atom. The number of hydrogen-bond donors (Lipinski definition) is 1. The van der Waals surface area contributed by atoms with Crippen LogP contribution in [-0.2, 0) is 13.0 Å². The number of amides is 1. The minimum Gasteiger partial charge on any atom is -0.330 e. The van der Waals surface area contributed by atoms with Gasteiger partial charge < -0.3 is 4.90 Å². The molecule has 2 aromatic carbocycles. The number of benzene rings is 2. The highest BCUT2D eigenvalue weighted by atomic mass is 32.1. The topological polar surface area (TPSA) is 55.9 Å². The van der Waals surface area contributed by atoms with Gasteiger partial charge in [-0.25, -0.2) is 8.78 Å². The molecule has 1 unspecified atom stereocenters. The quantitative estimate of drug-likeness (QED) is 0.696. The number of nitrogens with zero attached hydrogens (tertiary/aromatic N) is 2. The summed E-state index contributed by atoms with van der Waals surface area (Å²) in [5.41, 5.74) is 1.40. The van der Waals surface area contributed by atoms with Crippen molar-refractivity contribution in [3.05, 3.63) is 86.7 Å². The van der Waals surface area contributed by atoms with E-state index in [1.807, 2.05) is 0 Å². The Hall–Kier alpha value is -2.97. The summed E-state index contributed by atoms with van der Waals surface area (Å²) in [6.07, 6.45) is 0.683. The van der Waals surface area contributed by atoms with Crippen LogP contribution in [0.2, 0.25) is 0 Å². The number of aromatic nitrogens is 1. The van der Waals surface area contributed by atoms with E-state index in [-0.39, 0.29) is 16.3 Å². The normalized spacial score (nSPS) is 16.4. The fraction of sp³-hybridized carbons (Fsp3) is 0.227. The molecule has 0 fully saturated rings. The molecule has 3 aromatic rings. The lowest BCUT2D eigenvalue weighted by atomic mass is 10.1. The highest BCUT2D eigenvalue weighted by Crippen LogP contribution is 2.18. The molecule has 1 atom stereocenters. The lowest BCUT2D eigenvalue weighted by Crippen LogP contribution is -3.11. The van der Waals surface area contributed by atoms with E-state index in [2.05, 4.69) is 11.9 Å². The highest BCUT2D eigenvalue weighted by molar-refractivity contribution is 7.09. The SMILES string of the molecule is CC[NH+]1CCc2c(sc(=NC(=O)c3ccc(F)cc3)n2C(=O)c2ccc(F)cc2)C1. The fourth-order valence-corrected chi connectivity index (χ4v) is 4.73. The molecule has 0 aliphatic carbocycles. The van der Waals surface area contributed by atoms with E-state index in [1.165, 1.54) is 69.3 Å². The van der Waals surface area contributed by atoms with Gasteiger partial charge in [0, 0.05) is 17.5 Å². The molecular weight excluding hydrogens is 408 g/mol. The predicted octanol–water partition coefficient (Wildman–Crippen LogP) is 2.22. The number of hydrogen-bond acceptors (Lipinski definition) is 3. The van der Waals surface area contributed by atoms with Crippen LogP contribution >= 0.6 is 11.3 Å². The van der Waals surface area contributed by atoms with Crippen LogP contribution in [0.25, 0.3) is 0 Å². The van der Waals surface area contributed by atoms with E-state index in [9.17, 15) is 18.4 Å². The summed E-state index contributed by atoms with van der Waals surface area (Å²) < 4.78 is 28.0. The highest BCUT2D eigenvalue weighted by Gasteiger charge is 2.27. The van der Waals surface area contributed by atoms with Gasteiger partial charge in [-0.05, 0) is 55.5 Å². The first kappa shape index (κ1) is 20.3. The monoisotopic (exact) mass is 428 g/mol. The third-order valence-corrected chi connectivity index (χ3v) is 6.29. The van der Waals surface area contributed by atoms with Gasteiger partial charge in [0.25, 0.3) is 11.8 Å². The van der Waals surface area contributed by atoms with Crippen molar-refractivity contribution in [3.8, 4) is 0 Å². The number of halogens is 2. The number of carbonyl (C=O) groups is 2. The van der Waals surface area contributed by atoms with Crippen LogP contribution in [0.5, 0.6) is 0 Å². The van der Waals surface area contributed by atoms with Gasteiger partial charge in [0.15, 0.2) is 0 Å². The Morgan fingerprint density at radius 2 is 1.63 bits per heavy atom. The zero-order valence-electron chi connectivity index (χ0n) is 16.3. The van der Waals surface area contributed by atoms with Crippen molar-refractivity contribution in [1.29, 1.82) is 0 Å². The van der Waals surface area contributed by atoms with Gasteiger partial charge >= 0.3 is 0 Å². The lowest BCUT2D eigenvalue weighted by Gasteiger charge is -2.22. The molecule has 2 heterocycles. The first-order valence-electron chi connectivity index (χ1n) is 9.68. The van der Waals surface area contributed by atoms with E-state index in [0.29, 0.717) is 12.0 Å². The lowest BCUT2D eigenvalue weighted by molar-refractivity contribution is -0.913. The maximum atomic E-state index is 13.3. The molecule has 1 N–H and O–H groups in total. The average Bonchev–Trinajstić information content (AvgIpc) is 3.10. The van der Waals surface area contributed by atoms with E-state index in [4.69, 9.17) is 0 Å². The number of fused-ring (bicyclic) bond motifs is 1. The molecular formula is C22H20F2N3O2S+. The second kappa shape index (κ2) is 8.41. The Morgan fingerprint density at radius 1 is 1.03 bits per heavy atom. The van der Waals surface area contributed by atoms with Crippen LogP contribution in [0.1, 0.15) is 38.2 Å². The molecule has 0 spiro atoms. The number of rotatable bonds is 3. The van der Waals surface area contributed by atoms with Gasteiger partial charge in [-0.2, -0.15) is 4.99 Å². The molecule has 5 nitrogen and oxygen atoms in total. The summed E-state index contributed by atoms with van der Waals surface area (Å²) in [7, 11) is 0. The van der Waals surface area contributed by atoms with Crippen LogP contribution in [0.3, 0.4) is 0 Å². The summed E-state index contributed by atoms with van der Waals surface area (Å²) in [5.74, 6) is -1.77. The first-order valence-corrected chi connectivity index (χ1v) is 10.5. The molecule has 154 valence electrons. The van der Waals surface area contributed by atoms with Gasteiger partial charge in [-0.1, -0.05) is 11.3 Å². The van der Waals surface area contributed by atoms with E-state index in [1.54, 1.807) is 0 Å². The van der Waals surface area contributed by atoms with Gasteiger partial charge in [0.2, 0.25) is 4.80 Å². The van der Waals surface area contributed by atoms with Crippen molar-refractivity contribution in [3.63, 3.8) is 0 Å². The maximum Gasteiger partial charge on any atom is 0.279 e. The molecule has 0 bridgehead atoms. The molecule has 1 aliphatic rings. The molecule has 4 rings (SSSR count). The summed E-state index contributed by atoms with van der Waals surface area (Å²) in [5, 5.41) is 0. The van der Waals surface area contributed by atoms with Crippen LogP contribution in [0, 0.1) is 11.6 Å². The van der Waals surface area contributed by atoms with Crippen LogP contribution in [0.4, 0.5) is 8.78 Å². The number of carbonyl (C=O) groups excluding carboxylic acids is 2. The van der Waals surface area contributed by atoms with Crippen LogP contribution < -0.4 is 9.70 Å². The Kier molecular flexibility index (Phi) is 5.69. The predicted molar refractivity (Wildman–Crippen MR) is 109 cm³/mol. The van der Waals surface area contributed by atoms with Crippen molar-refractivity contribution < 1.29 is 23.3 Å². The van der Waals surface area contributed by atoms with Crippen molar-refractivity contribution >= 4 is 23.2 Å². The van der Waals surface area contributed by atoms with Crippen LogP contribution in [0.15, 0.2) is 53.5 Å². The molecule has 0 radical (unpaired) electrons. The van der Waals surface area contributed by atoms with Crippen LogP contribution in [-0.4, -0.2) is 29.5 Å². The van der Waals surface area contributed by atoms with E-state index < -0.39 is 17.5 Å². The van der Waals surface area contributed by atoms with Gasteiger partial charge in [0.1, 0.15) is 18.2 Å². The van der Waals surface area contributed by atoms with Crippen molar-refractivity contribution in [2.75, 3.05) is 13.1 Å². The summed E-state index contributed by atoms with van der Waals surface area (Å²) >= 11 is 1.32. The number of nitrogens with one attached hydrogen (secondary N) is 1. The number of thiazole rings is 1. The average molecular weight is 428 g/mol.